The standard InChI is InChI=1S/C14H25NOSi/c1-14(2,3)11-12-15(16-17(4)5)13-9-7-6-8-10-13/h6-10,17H,11-12H2,1-5H3. The number of nitrogens with zero attached hydrogens (tertiary/aromatic N) is 1. The maximum Gasteiger partial charge on any atom is 0.208 e. The maximum absolute atomic E-state index is 6.00. The maximum atomic E-state index is 6.00. The average Bonchev–Trinajstić information content (AvgIpc) is 2.24. The lowest BCUT2D eigenvalue weighted by molar-refractivity contribution is 0.256. The summed E-state index contributed by atoms with van der Waals surface area (Å²) < 4.78 is 6.00. The predicted octanol–water partition coefficient (Wildman–Crippen LogP) is 3.84. The largest absolute Gasteiger partial charge is 0.324 e. The van der Waals surface area contributed by atoms with Gasteiger partial charge in [0, 0.05) is 6.54 Å². The SMILES string of the molecule is C[SiH](C)ON(CCC(C)(C)C)c1ccccc1. The molecule has 0 aromatic heterocycles. The van der Waals surface area contributed by atoms with Crippen LogP contribution in [0.4, 0.5) is 5.69 Å². The third kappa shape index (κ3) is 5.89. The van der Waals surface area contributed by atoms with Crippen LogP contribution in [0.25, 0.3) is 0 Å². The Kier molecular flexibility index (Phi) is 5.21. The summed E-state index contributed by atoms with van der Waals surface area (Å²) in [4.78, 5) is 0. The van der Waals surface area contributed by atoms with Crippen molar-refractivity contribution in [3.63, 3.8) is 0 Å². The normalized spacial score (nSPS) is 11.9. The van der Waals surface area contributed by atoms with Crippen molar-refractivity contribution < 1.29 is 4.53 Å². The van der Waals surface area contributed by atoms with Crippen molar-refractivity contribution in [2.75, 3.05) is 11.6 Å². The Hall–Kier alpha value is -0.803. The van der Waals surface area contributed by atoms with Crippen LogP contribution in [0.5, 0.6) is 0 Å². The second-order valence-electron chi connectivity index (χ2n) is 5.90. The van der Waals surface area contributed by atoms with Gasteiger partial charge in [0.2, 0.25) is 9.04 Å². The van der Waals surface area contributed by atoms with Gasteiger partial charge in [-0.2, -0.15) is 0 Å². The summed E-state index contributed by atoms with van der Waals surface area (Å²) in [6, 6.07) is 10.4. The van der Waals surface area contributed by atoms with E-state index in [2.05, 4.69) is 63.2 Å². The Morgan fingerprint density at radius 3 is 2.18 bits per heavy atom. The van der Waals surface area contributed by atoms with Crippen LogP contribution < -0.4 is 5.06 Å². The van der Waals surface area contributed by atoms with E-state index in [0.717, 1.165) is 18.7 Å². The number of rotatable bonds is 5. The van der Waals surface area contributed by atoms with E-state index in [4.69, 9.17) is 4.53 Å². The Morgan fingerprint density at radius 1 is 1.12 bits per heavy atom. The highest BCUT2D eigenvalue weighted by Crippen LogP contribution is 2.22. The van der Waals surface area contributed by atoms with Crippen molar-refractivity contribution in [3.8, 4) is 0 Å². The van der Waals surface area contributed by atoms with Crippen LogP contribution in [-0.2, 0) is 4.53 Å². The second kappa shape index (κ2) is 6.22. The third-order valence-electron chi connectivity index (χ3n) is 2.45. The van der Waals surface area contributed by atoms with Crippen molar-refractivity contribution in [2.45, 2.75) is 40.3 Å². The van der Waals surface area contributed by atoms with Crippen LogP contribution in [-0.4, -0.2) is 15.6 Å². The van der Waals surface area contributed by atoms with Gasteiger partial charge in [0.15, 0.2) is 0 Å². The molecule has 1 rings (SSSR count). The lowest BCUT2D eigenvalue weighted by atomic mass is 9.92. The summed E-state index contributed by atoms with van der Waals surface area (Å²) in [6.45, 7) is 12.2. The molecule has 0 heterocycles. The molecule has 0 radical (unpaired) electrons. The fourth-order valence-electron chi connectivity index (χ4n) is 1.53. The first-order valence-corrected chi connectivity index (χ1v) is 9.16. The molecular formula is C14H25NOSi. The molecule has 17 heavy (non-hydrogen) atoms. The van der Waals surface area contributed by atoms with E-state index in [0.29, 0.717) is 5.41 Å². The van der Waals surface area contributed by atoms with Gasteiger partial charge in [-0.25, -0.2) is 0 Å². The van der Waals surface area contributed by atoms with Gasteiger partial charge in [-0.15, -0.1) is 0 Å². The van der Waals surface area contributed by atoms with Crippen molar-refractivity contribution in [3.05, 3.63) is 30.3 Å². The number of benzene rings is 1. The van der Waals surface area contributed by atoms with Crippen molar-refractivity contribution in [2.24, 2.45) is 5.41 Å². The van der Waals surface area contributed by atoms with Gasteiger partial charge in [0.05, 0.1) is 5.69 Å². The van der Waals surface area contributed by atoms with Gasteiger partial charge >= 0.3 is 0 Å². The van der Waals surface area contributed by atoms with E-state index in [1.165, 1.54) is 0 Å². The van der Waals surface area contributed by atoms with Crippen LogP contribution in [0.15, 0.2) is 30.3 Å². The molecule has 0 spiro atoms. The van der Waals surface area contributed by atoms with Gasteiger partial charge < -0.3 is 4.53 Å². The Bertz CT molecular complexity index is 319. The van der Waals surface area contributed by atoms with Gasteiger partial charge in [0.1, 0.15) is 0 Å². The molecule has 3 heteroatoms. The van der Waals surface area contributed by atoms with E-state index >= 15 is 0 Å². The smallest absolute Gasteiger partial charge is 0.208 e. The van der Waals surface area contributed by atoms with Crippen molar-refractivity contribution in [1.82, 2.24) is 0 Å². The molecule has 0 aliphatic carbocycles. The van der Waals surface area contributed by atoms with E-state index in [1.807, 2.05) is 6.07 Å². The zero-order chi connectivity index (χ0) is 12.9. The zero-order valence-corrected chi connectivity index (χ0v) is 12.9. The van der Waals surface area contributed by atoms with Crippen LogP contribution in [0.3, 0.4) is 0 Å². The van der Waals surface area contributed by atoms with E-state index in [-0.39, 0.29) is 0 Å². The Morgan fingerprint density at radius 2 is 1.71 bits per heavy atom. The highest BCUT2D eigenvalue weighted by atomic mass is 28.3. The van der Waals surface area contributed by atoms with Gasteiger partial charge in [0.25, 0.3) is 0 Å². The molecule has 2 nitrogen and oxygen atoms in total. The molecule has 0 saturated heterocycles. The molecule has 0 fully saturated rings. The number of hydrogen-bond donors (Lipinski definition) is 0. The fraction of sp³-hybridized carbons (Fsp3) is 0.571. The number of hydrogen-bond acceptors (Lipinski definition) is 2. The average molecular weight is 251 g/mol. The molecule has 96 valence electrons. The highest BCUT2D eigenvalue weighted by Gasteiger charge is 2.15. The minimum atomic E-state index is -1.06. The molecule has 0 amide bonds. The second-order valence-corrected chi connectivity index (χ2v) is 8.21. The van der Waals surface area contributed by atoms with E-state index in [9.17, 15) is 0 Å². The lowest BCUT2D eigenvalue weighted by Gasteiger charge is -2.29. The first-order valence-electron chi connectivity index (χ1n) is 6.38. The Labute approximate surface area is 107 Å². The summed E-state index contributed by atoms with van der Waals surface area (Å²) >= 11 is 0. The van der Waals surface area contributed by atoms with Gasteiger partial charge in [-0.1, -0.05) is 39.0 Å². The first kappa shape index (κ1) is 14.3. The van der Waals surface area contributed by atoms with Gasteiger partial charge in [-0.05, 0) is 37.1 Å². The summed E-state index contributed by atoms with van der Waals surface area (Å²) in [5.74, 6) is 0. The van der Waals surface area contributed by atoms with E-state index < -0.39 is 9.04 Å². The number of hydroxylamine groups is 1. The molecular weight excluding hydrogens is 226 g/mol. The summed E-state index contributed by atoms with van der Waals surface area (Å²) in [5.41, 5.74) is 1.51. The molecule has 1 aromatic rings. The molecule has 0 N–H and O–H groups in total. The number of para-hydroxylation sites is 1. The molecule has 1 aromatic carbocycles. The monoisotopic (exact) mass is 251 g/mol. The minimum Gasteiger partial charge on any atom is -0.324 e. The van der Waals surface area contributed by atoms with E-state index in [1.54, 1.807) is 0 Å². The first-order chi connectivity index (χ1) is 7.88. The fourth-order valence-corrected chi connectivity index (χ4v) is 2.26. The lowest BCUT2D eigenvalue weighted by Crippen LogP contribution is -2.32. The number of anilines is 1. The summed E-state index contributed by atoms with van der Waals surface area (Å²) in [6.07, 6.45) is 1.13. The topological polar surface area (TPSA) is 12.5 Å². The minimum absolute atomic E-state index is 0.342. The molecule has 0 aliphatic heterocycles. The molecule has 0 unspecified atom stereocenters. The summed E-state index contributed by atoms with van der Waals surface area (Å²) in [7, 11) is -1.06. The van der Waals surface area contributed by atoms with Gasteiger partial charge in [-0.3, -0.25) is 5.06 Å². The molecule has 0 bridgehead atoms. The zero-order valence-electron chi connectivity index (χ0n) is 11.7. The summed E-state index contributed by atoms with van der Waals surface area (Å²) in [5, 5.41) is 2.07. The Balaban J connectivity index is 2.68. The van der Waals surface area contributed by atoms with Crippen molar-refractivity contribution >= 4 is 14.7 Å². The van der Waals surface area contributed by atoms with Crippen LogP contribution in [0, 0.1) is 5.41 Å². The quantitative estimate of drug-likeness (QED) is 0.582. The molecule has 0 atom stereocenters. The van der Waals surface area contributed by atoms with Crippen LogP contribution in [0.1, 0.15) is 27.2 Å². The third-order valence-corrected chi connectivity index (χ3v) is 3.12. The van der Waals surface area contributed by atoms with Crippen LogP contribution >= 0.6 is 0 Å². The molecule has 0 aliphatic rings. The van der Waals surface area contributed by atoms with Crippen molar-refractivity contribution in [1.29, 1.82) is 0 Å². The predicted molar refractivity (Wildman–Crippen MR) is 77.8 cm³/mol. The van der Waals surface area contributed by atoms with Crippen LogP contribution in [0.2, 0.25) is 13.1 Å². The highest BCUT2D eigenvalue weighted by molar-refractivity contribution is 6.48. The molecule has 0 saturated carbocycles.